The number of pyridine rings is 1. The molecule has 0 bridgehead atoms. The van der Waals surface area contributed by atoms with Gasteiger partial charge in [0.2, 0.25) is 5.95 Å². The Bertz CT molecular complexity index is 613. The average Bonchev–Trinajstić information content (AvgIpc) is 2.72. The number of halogens is 1. The number of primary amides is 1. The van der Waals surface area contributed by atoms with Gasteiger partial charge >= 0.3 is 7.82 Å². The van der Waals surface area contributed by atoms with Gasteiger partial charge < -0.3 is 35.6 Å². The summed E-state index contributed by atoms with van der Waals surface area (Å²) in [4.78, 5) is 30.2. The predicted molar refractivity (Wildman–Crippen MR) is 73.6 cm³/mol. The van der Waals surface area contributed by atoms with Gasteiger partial charge in [0.1, 0.15) is 18.3 Å². The van der Waals surface area contributed by atoms with Gasteiger partial charge in [0.15, 0.2) is 6.29 Å². The molecule has 136 valence electrons. The fourth-order valence-electron chi connectivity index (χ4n) is 1.61. The number of hydrogen-bond acceptors (Lipinski definition) is 8. The van der Waals surface area contributed by atoms with E-state index in [2.05, 4.69) is 14.2 Å². The number of amides is 1. The molecule has 11 nitrogen and oxygen atoms in total. The minimum absolute atomic E-state index is 0.178. The molecule has 2 rings (SSSR count). The van der Waals surface area contributed by atoms with Gasteiger partial charge in [-0.25, -0.2) is 9.55 Å². The first-order valence-corrected chi connectivity index (χ1v) is 7.86. The lowest BCUT2D eigenvalue weighted by atomic mass is 10.1. The molecular formula is C11H16FN2O9P. The fourth-order valence-corrected chi connectivity index (χ4v) is 1.95. The summed E-state index contributed by atoms with van der Waals surface area (Å²) in [7, 11) is -4.64. The molecule has 1 aliphatic rings. The summed E-state index contributed by atoms with van der Waals surface area (Å²) in [6.07, 6.45) is -4.41. The minimum atomic E-state index is -4.64. The van der Waals surface area contributed by atoms with Crippen LogP contribution in [0, 0.1) is 5.95 Å². The van der Waals surface area contributed by atoms with Crippen molar-refractivity contribution in [2.75, 3.05) is 6.61 Å². The maximum Gasteiger partial charge on any atom is 0.469 e. The Morgan fingerprint density at radius 1 is 1.38 bits per heavy atom. The molecule has 0 spiro atoms. The zero-order chi connectivity index (χ0) is 18.5. The molecule has 1 fully saturated rings. The second-order valence-corrected chi connectivity index (χ2v) is 5.78. The van der Waals surface area contributed by atoms with Gasteiger partial charge in [0.05, 0.1) is 12.2 Å². The number of nitrogens with zero attached hydrogens (tertiary/aromatic N) is 1. The summed E-state index contributed by atoms with van der Waals surface area (Å²) >= 11 is 0. The van der Waals surface area contributed by atoms with Crippen LogP contribution in [0.25, 0.3) is 0 Å². The number of nitrogens with two attached hydrogens (primary N) is 1. The Kier molecular flexibility index (Phi) is 7.32. The van der Waals surface area contributed by atoms with Gasteiger partial charge in [-0.1, -0.05) is 0 Å². The summed E-state index contributed by atoms with van der Waals surface area (Å²) in [5.74, 6) is -1.62. The number of aliphatic hydroxyl groups is 3. The lowest BCUT2D eigenvalue weighted by molar-refractivity contribution is -0.132. The van der Waals surface area contributed by atoms with Crippen molar-refractivity contribution in [3.8, 4) is 0 Å². The zero-order valence-corrected chi connectivity index (χ0v) is 12.9. The topological polar surface area (TPSA) is 193 Å². The number of carbonyl (C=O) groups is 1. The molecule has 1 aliphatic heterocycles. The average molecular weight is 370 g/mol. The van der Waals surface area contributed by atoms with Gasteiger partial charge in [-0.3, -0.25) is 9.32 Å². The van der Waals surface area contributed by atoms with Crippen molar-refractivity contribution in [2.24, 2.45) is 5.73 Å². The van der Waals surface area contributed by atoms with Crippen molar-refractivity contribution in [3.63, 3.8) is 0 Å². The normalized spacial score (nSPS) is 26.6. The van der Waals surface area contributed by atoms with Crippen LogP contribution in [0.2, 0.25) is 0 Å². The highest BCUT2D eigenvalue weighted by Crippen LogP contribution is 2.36. The van der Waals surface area contributed by atoms with E-state index in [0.717, 1.165) is 0 Å². The molecule has 1 saturated heterocycles. The number of phosphoric acid groups is 1. The van der Waals surface area contributed by atoms with E-state index in [1.807, 2.05) is 0 Å². The first-order chi connectivity index (χ1) is 11.0. The molecule has 1 amide bonds. The largest absolute Gasteiger partial charge is 0.469 e. The second kappa shape index (κ2) is 8.55. The molecule has 2 heterocycles. The SMILES string of the molecule is NC(=O)c1cccnc1F.O=P(O)(O)OC[C@H]1OC(O)[C@@H](O)[C@@H]1O. The van der Waals surface area contributed by atoms with Gasteiger partial charge in [0, 0.05) is 6.20 Å². The van der Waals surface area contributed by atoms with E-state index >= 15 is 0 Å². The standard InChI is InChI=1S/C6H5FN2O.C5H11O8P/c7-5-4(6(8)10)2-1-3-9-5;6-3-2(1-12-14(9,10)11)13-5(8)4(3)7/h1-3H,(H2,8,10);2-8H,1H2,(H2,9,10,11)/t;2-,3-,4+,5?/m.1/s1. The molecule has 0 radical (unpaired) electrons. The van der Waals surface area contributed by atoms with Crippen LogP contribution < -0.4 is 5.73 Å². The smallest absolute Gasteiger partial charge is 0.387 e. The first-order valence-electron chi connectivity index (χ1n) is 6.33. The molecule has 7 N–H and O–H groups in total. The van der Waals surface area contributed by atoms with E-state index in [4.69, 9.17) is 30.8 Å². The highest BCUT2D eigenvalue weighted by molar-refractivity contribution is 7.46. The first kappa shape index (κ1) is 20.5. The van der Waals surface area contributed by atoms with E-state index in [1.165, 1.54) is 18.3 Å². The number of ether oxygens (including phenoxy) is 1. The molecule has 0 aromatic carbocycles. The monoisotopic (exact) mass is 370 g/mol. The maximum atomic E-state index is 12.4. The Morgan fingerprint density at radius 2 is 2.00 bits per heavy atom. The molecule has 4 atom stereocenters. The Labute approximate surface area is 134 Å². The van der Waals surface area contributed by atoms with Crippen LogP contribution in [-0.4, -0.2) is 67.2 Å². The zero-order valence-electron chi connectivity index (χ0n) is 12.0. The van der Waals surface area contributed by atoms with Crippen LogP contribution in [0.4, 0.5) is 4.39 Å². The third-order valence-electron chi connectivity index (χ3n) is 2.77. The van der Waals surface area contributed by atoms with Crippen LogP contribution >= 0.6 is 7.82 Å². The van der Waals surface area contributed by atoms with Gasteiger partial charge in [-0.05, 0) is 12.1 Å². The van der Waals surface area contributed by atoms with Crippen LogP contribution in [0.5, 0.6) is 0 Å². The summed E-state index contributed by atoms with van der Waals surface area (Å²) in [5, 5.41) is 27.0. The van der Waals surface area contributed by atoms with E-state index < -0.39 is 50.9 Å². The lowest BCUT2D eigenvalue weighted by Crippen LogP contribution is -2.34. The van der Waals surface area contributed by atoms with Crippen LogP contribution in [0.3, 0.4) is 0 Å². The minimum Gasteiger partial charge on any atom is -0.387 e. The maximum absolute atomic E-state index is 12.4. The third kappa shape index (κ3) is 6.19. The van der Waals surface area contributed by atoms with Crippen molar-refractivity contribution < 1.29 is 48.1 Å². The van der Waals surface area contributed by atoms with E-state index in [1.54, 1.807) is 0 Å². The van der Waals surface area contributed by atoms with E-state index in [9.17, 15) is 13.8 Å². The van der Waals surface area contributed by atoms with Gasteiger partial charge in [-0.15, -0.1) is 0 Å². The molecule has 0 aliphatic carbocycles. The van der Waals surface area contributed by atoms with Gasteiger partial charge in [0.25, 0.3) is 5.91 Å². The predicted octanol–water partition coefficient (Wildman–Crippen LogP) is -2.15. The summed E-state index contributed by atoms with van der Waals surface area (Å²) in [6, 6.07) is 2.73. The van der Waals surface area contributed by atoms with Crippen molar-refractivity contribution in [2.45, 2.75) is 24.6 Å². The van der Waals surface area contributed by atoms with Crippen molar-refractivity contribution >= 4 is 13.7 Å². The van der Waals surface area contributed by atoms with Gasteiger partial charge in [-0.2, -0.15) is 4.39 Å². The third-order valence-corrected chi connectivity index (χ3v) is 3.25. The van der Waals surface area contributed by atoms with Crippen LogP contribution in [-0.2, 0) is 13.8 Å². The van der Waals surface area contributed by atoms with E-state index in [-0.39, 0.29) is 5.56 Å². The summed E-state index contributed by atoms with van der Waals surface area (Å²) in [5.41, 5.74) is 4.62. The quantitative estimate of drug-likeness (QED) is 0.251. The highest BCUT2D eigenvalue weighted by Gasteiger charge is 2.42. The molecule has 24 heavy (non-hydrogen) atoms. The molecule has 1 aromatic rings. The molecule has 13 heteroatoms. The number of carbonyl (C=O) groups excluding carboxylic acids is 1. The fraction of sp³-hybridized carbons (Fsp3) is 0.455. The highest BCUT2D eigenvalue weighted by atomic mass is 31.2. The van der Waals surface area contributed by atoms with E-state index in [0.29, 0.717) is 0 Å². The Morgan fingerprint density at radius 3 is 2.38 bits per heavy atom. The number of aliphatic hydroxyl groups excluding tert-OH is 3. The van der Waals surface area contributed by atoms with Crippen LogP contribution in [0.1, 0.15) is 10.4 Å². The summed E-state index contributed by atoms with van der Waals surface area (Å²) in [6.45, 7) is -0.612. The van der Waals surface area contributed by atoms with Crippen LogP contribution in [0.15, 0.2) is 18.3 Å². The Balaban J connectivity index is 0.000000254. The number of aromatic nitrogens is 1. The summed E-state index contributed by atoms with van der Waals surface area (Å²) < 4.78 is 31.3. The molecule has 1 aromatic heterocycles. The van der Waals surface area contributed by atoms with Crippen molar-refractivity contribution in [3.05, 3.63) is 29.8 Å². The number of phosphoric ester groups is 1. The molecular weight excluding hydrogens is 354 g/mol. The Hall–Kier alpha value is -1.50. The molecule has 1 unspecified atom stereocenters. The molecule has 0 saturated carbocycles. The second-order valence-electron chi connectivity index (χ2n) is 4.54. The van der Waals surface area contributed by atoms with Crippen molar-refractivity contribution in [1.82, 2.24) is 4.98 Å². The van der Waals surface area contributed by atoms with Crippen molar-refractivity contribution in [1.29, 1.82) is 0 Å². The number of rotatable bonds is 4. The number of hydrogen-bond donors (Lipinski definition) is 6. The lowest BCUT2D eigenvalue weighted by Gasteiger charge is -2.14.